The van der Waals surface area contributed by atoms with E-state index in [-0.39, 0.29) is 13.2 Å². The van der Waals surface area contributed by atoms with Crippen molar-refractivity contribution in [1.29, 1.82) is 0 Å². The Balaban J connectivity index is 1.77. The predicted molar refractivity (Wildman–Crippen MR) is 95.8 cm³/mol. The van der Waals surface area contributed by atoms with Gasteiger partial charge in [0, 0.05) is 11.6 Å². The van der Waals surface area contributed by atoms with Crippen LogP contribution in [0.4, 0.5) is 0 Å². The van der Waals surface area contributed by atoms with Gasteiger partial charge in [-0.05, 0) is 42.3 Å². The normalized spacial score (nSPS) is 10.2. The van der Waals surface area contributed by atoms with E-state index < -0.39 is 11.9 Å². The quantitative estimate of drug-likeness (QED) is 0.729. The Morgan fingerprint density at radius 3 is 2.48 bits per heavy atom. The van der Waals surface area contributed by atoms with Crippen molar-refractivity contribution in [2.75, 3.05) is 13.2 Å². The van der Waals surface area contributed by atoms with Crippen molar-refractivity contribution < 1.29 is 19.1 Å². The summed E-state index contributed by atoms with van der Waals surface area (Å²) in [7, 11) is 0. The molecule has 0 aliphatic rings. The van der Waals surface area contributed by atoms with Crippen molar-refractivity contribution in [3.63, 3.8) is 0 Å². The van der Waals surface area contributed by atoms with Crippen LogP contribution in [-0.4, -0.2) is 25.1 Å². The molecular weight excluding hydrogens is 342 g/mol. The van der Waals surface area contributed by atoms with Crippen LogP contribution in [0.15, 0.2) is 48.5 Å². The number of benzene rings is 2. The molecule has 0 aliphatic carbocycles. The summed E-state index contributed by atoms with van der Waals surface area (Å²) in [4.78, 5) is 23.7. The highest BCUT2D eigenvalue weighted by atomic mass is 35.5. The second kappa shape index (κ2) is 9.69. The fraction of sp³-hybridized carbons (Fsp3) is 0.263. The number of ether oxygens (including phenoxy) is 2. The zero-order valence-corrected chi connectivity index (χ0v) is 14.7. The molecule has 0 heterocycles. The molecule has 25 heavy (non-hydrogen) atoms. The van der Waals surface area contributed by atoms with Crippen LogP contribution in [0.2, 0.25) is 5.02 Å². The molecule has 6 heteroatoms. The van der Waals surface area contributed by atoms with Crippen molar-refractivity contribution in [1.82, 2.24) is 5.32 Å². The Labute approximate surface area is 151 Å². The summed E-state index contributed by atoms with van der Waals surface area (Å²) in [6.07, 6.45) is 0.910. The zero-order valence-electron chi connectivity index (χ0n) is 14.0. The molecule has 0 fully saturated rings. The molecule has 0 spiro atoms. The monoisotopic (exact) mass is 361 g/mol. The molecule has 1 amide bonds. The molecular formula is C19H20ClNO4. The lowest BCUT2D eigenvalue weighted by atomic mass is 10.2. The van der Waals surface area contributed by atoms with Gasteiger partial charge in [-0.2, -0.15) is 0 Å². The van der Waals surface area contributed by atoms with Crippen LogP contribution in [0.25, 0.3) is 0 Å². The Hall–Kier alpha value is -2.53. The van der Waals surface area contributed by atoms with Gasteiger partial charge in [-0.3, -0.25) is 4.79 Å². The third-order valence-electron chi connectivity index (χ3n) is 3.33. The van der Waals surface area contributed by atoms with Crippen LogP contribution in [0, 0.1) is 0 Å². The van der Waals surface area contributed by atoms with Gasteiger partial charge in [0.1, 0.15) is 5.75 Å². The molecule has 2 aromatic carbocycles. The summed E-state index contributed by atoms with van der Waals surface area (Å²) in [6.45, 7) is 2.56. The van der Waals surface area contributed by atoms with Gasteiger partial charge in [0.15, 0.2) is 6.61 Å². The Bertz CT molecular complexity index is 716. The van der Waals surface area contributed by atoms with Gasteiger partial charge in [0.2, 0.25) is 0 Å². The summed E-state index contributed by atoms with van der Waals surface area (Å²) in [5.41, 5.74) is 1.16. The average Bonchev–Trinajstić information content (AvgIpc) is 2.64. The van der Waals surface area contributed by atoms with Gasteiger partial charge < -0.3 is 14.8 Å². The molecule has 0 atom stereocenters. The lowest BCUT2D eigenvalue weighted by Crippen LogP contribution is -2.28. The highest BCUT2D eigenvalue weighted by molar-refractivity contribution is 6.31. The van der Waals surface area contributed by atoms with E-state index in [0.717, 1.165) is 12.0 Å². The number of esters is 1. The first-order valence-corrected chi connectivity index (χ1v) is 8.38. The van der Waals surface area contributed by atoms with Crippen LogP contribution in [0.3, 0.4) is 0 Å². The molecule has 0 saturated heterocycles. The predicted octanol–water partition coefficient (Wildman–Crippen LogP) is 3.60. The number of nitrogens with one attached hydrogen (secondary N) is 1. The molecule has 5 nitrogen and oxygen atoms in total. The molecule has 2 rings (SSSR count). The van der Waals surface area contributed by atoms with E-state index in [1.807, 2.05) is 25.1 Å². The van der Waals surface area contributed by atoms with Crippen LogP contribution >= 0.6 is 11.6 Å². The number of hydrogen-bond donors (Lipinski definition) is 1. The van der Waals surface area contributed by atoms with E-state index in [2.05, 4.69) is 5.32 Å². The maximum Gasteiger partial charge on any atom is 0.338 e. The van der Waals surface area contributed by atoms with E-state index in [4.69, 9.17) is 21.1 Å². The van der Waals surface area contributed by atoms with E-state index in [1.165, 1.54) is 0 Å². The molecule has 2 aromatic rings. The van der Waals surface area contributed by atoms with E-state index in [1.54, 1.807) is 30.3 Å². The van der Waals surface area contributed by atoms with Crippen LogP contribution in [-0.2, 0) is 16.1 Å². The summed E-state index contributed by atoms with van der Waals surface area (Å²) in [5.74, 6) is -0.262. The van der Waals surface area contributed by atoms with Crippen molar-refractivity contribution >= 4 is 23.5 Å². The van der Waals surface area contributed by atoms with E-state index in [9.17, 15) is 9.59 Å². The maximum atomic E-state index is 11.9. The molecule has 0 radical (unpaired) electrons. The SMILES string of the molecule is CCCOc1ccc(C(=O)OCC(=O)NCc2ccccc2Cl)cc1. The topological polar surface area (TPSA) is 64.6 Å². The summed E-state index contributed by atoms with van der Waals surface area (Å²) in [5, 5.41) is 3.23. The van der Waals surface area contributed by atoms with E-state index in [0.29, 0.717) is 22.9 Å². The van der Waals surface area contributed by atoms with Gasteiger partial charge in [0.05, 0.1) is 12.2 Å². The smallest absolute Gasteiger partial charge is 0.338 e. The number of hydrogen-bond acceptors (Lipinski definition) is 4. The highest BCUT2D eigenvalue weighted by Crippen LogP contribution is 2.14. The number of rotatable bonds is 8. The third-order valence-corrected chi connectivity index (χ3v) is 3.70. The second-order valence-corrected chi connectivity index (χ2v) is 5.72. The molecule has 0 bridgehead atoms. The fourth-order valence-electron chi connectivity index (χ4n) is 2.01. The van der Waals surface area contributed by atoms with Gasteiger partial charge in [-0.15, -0.1) is 0 Å². The second-order valence-electron chi connectivity index (χ2n) is 5.32. The first-order chi connectivity index (χ1) is 12.1. The minimum Gasteiger partial charge on any atom is -0.494 e. The minimum absolute atomic E-state index is 0.277. The molecule has 0 unspecified atom stereocenters. The molecule has 0 aromatic heterocycles. The van der Waals surface area contributed by atoms with Crippen LogP contribution < -0.4 is 10.1 Å². The van der Waals surface area contributed by atoms with Gasteiger partial charge in [-0.25, -0.2) is 4.79 Å². The number of carbonyl (C=O) groups is 2. The summed E-state index contributed by atoms with van der Waals surface area (Å²) < 4.78 is 10.4. The molecule has 0 aliphatic heterocycles. The molecule has 0 saturated carbocycles. The first-order valence-electron chi connectivity index (χ1n) is 8.00. The summed E-state index contributed by atoms with van der Waals surface area (Å²) in [6, 6.07) is 13.8. The minimum atomic E-state index is -0.560. The molecule has 132 valence electrons. The highest BCUT2D eigenvalue weighted by Gasteiger charge is 2.10. The van der Waals surface area contributed by atoms with Gasteiger partial charge in [-0.1, -0.05) is 36.7 Å². The molecule has 1 N–H and O–H groups in total. The van der Waals surface area contributed by atoms with Gasteiger partial charge in [0.25, 0.3) is 5.91 Å². The van der Waals surface area contributed by atoms with Crippen molar-refractivity contribution in [2.45, 2.75) is 19.9 Å². The average molecular weight is 362 g/mol. The Morgan fingerprint density at radius 2 is 1.80 bits per heavy atom. The first kappa shape index (κ1) is 18.8. The zero-order chi connectivity index (χ0) is 18.1. The van der Waals surface area contributed by atoms with Crippen molar-refractivity contribution in [3.05, 3.63) is 64.7 Å². The van der Waals surface area contributed by atoms with Crippen molar-refractivity contribution in [3.8, 4) is 5.75 Å². The third kappa shape index (κ3) is 6.12. The largest absolute Gasteiger partial charge is 0.494 e. The Morgan fingerprint density at radius 1 is 1.08 bits per heavy atom. The van der Waals surface area contributed by atoms with E-state index >= 15 is 0 Å². The fourth-order valence-corrected chi connectivity index (χ4v) is 2.21. The Kier molecular flexibility index (Phi) is 7.29. The summed E-state index contributed by atoms with van der Waals surface area (Å²) >= 11 is 6.01. The maximum absolute atomic E-state index is 11.9. The van der Waals surface area contributed by atoms with Gasteiger partial charge >= 0.3 is 5.97 Å². The van der Waals surface area contributed by atoms with Crippen molar-refractivity contribution in [2.24, 2.45) is 0 Å². The lowest BCUT2D eigenvalue weighted by Gasteiger charge is -2.08. The number of halogens is 1. The lowest BCUT2D eigenvalue weighted by molar-refractivity contribution is -0.124. The standard InChI is InChI=1S/C19H20ClNO4/c1-2-11-24-16-9-7-14(8-10-16)19(23)25-13-18(22)21-12-15-5-3-4-6-17(15)20/h3-10H,2,11-13H2,1H3,(H,21,22). The van der Waals surface area contributed by atoms with Crippen LogP contribution in [0.5, 0.6) is 5.75 Å². The number of carbonyl (C=O) groups excluding carboxylic acids is 2. The number of amides is 1. The van der Waals surface area contributed by atoms with Crippen LogP contribution in [0.1, 0.15) is 29.3 Å².